The Kier molecular flexibility index (Phi) is 5.76. The Balaban J connectivity index is 1.95. The van der Waals surface area contributed by atoms with Gasteiger partial charge in [0.2, 0.25) is 5.16 Å². The Morgan fingerprint density at radius 1 is 1.19 bits per heavy atom. The Bertz CT molecular complexity index is 1330. The lowest BCUT2D eigenvalue weighted by Crippen LogP contribution is -2.39. The average molecular weight is 458 g/mol. The Morgan fingerprint density at radius 2 is 1.84 bits per heavy atom. The summed E-state index contributed by atoms with van der Waals surface area (Å²) in [6, 6.07) is 7.18. The third-order valence-electron chi connectivity index (χ3n) is 5.59. The molecule has 1 aliphatic rings. The van der Waals surface area contributed by atoms with E-state index < -0.39 is 21.4 Å². The standard InChI is InChI=1S/C21H27N7O3S/c1-3-12-32(23,31)19-24-17(22)16-18(25-19)27(13-15-8-6-14(2)7-9-15)21(30)28(16)20(29)26-10-4-5-11-26/h6-9,23H,3-5,10-13H2,1-2H3,(H2,22,24,25). The van der Waals surface area contributed by atoms with Crippen LogP contribution in [0.15, 0.2) is 34.2 Å². The SMILES string of the molecule is CCCS(=N)(=O)c1nc(N)c2c(n1)n(Cc1ccc(C)cc1)c(=O)n2C(=O)N1CCCC1. The summed E-state index contributed by atoms with van der Waals surface area (Å²) < 4.78 is 23.4. The lowest BCUT2D eigenvalue weighted by atomic mass is 10.1. The number of imidazole rings is 1. The molecular weight excluding hydrogens is 430 g/mol. The first kappa shape index (κ1) is 22.0. The van der Waals surface area contributed by atoms with Crippen molar-refractivity contribution in [2.75, 3.05) is 24.6 Å². The number of anilines is 1. The normalized spacial score (nSPS) is 15.9. The predicted octanol–water partition coefficient (Wildman–Crippen LogP) is 2.41. The van der Waals surface area contributed by atoms with Gasteiger partial charge < -0.3 is 10.6 Å². The summed E-state index contributed by atoms with van der Waals surface area (Å²) in [4.78, 5) is 36.7. The van der Waals surface area contributed by atoms with Crippen LogP contribution in [0.25, 0.3) is 11.2 Å². The van der Waals surface area contributed by atoms with Crippen molar-refractivity contribution >= 4 is 32.7 Å². The van der Waals surface area contributed by atoms with Crippen LogP contribution in [0.5, 0.6) is 0 Å². The van der Waals surface area contributed by atoms with Crippen molar-refractivity contribution in [3.05, 3.63) is 45.9 Å². The predicted molar refractivity (Wildman–Crippen MR) is 122 cm³/mol. The van der Waals surface area contributed by atoms with E-state index in [9.17, 15) is 13.8 Å². The molecule has 0 bridgehead atoms. The maximum atomic E-state index is 13.4. The van der Waals surface area contributed by atoms with Crippen molar-refractivity contribution in [3.8, 4) is 0 Å². The van der Waals surface area contributed by atoms with Gasteiger partial charge in [-0.3, -0.25) is 4.57 Å². The number of benzene rings is 1. The molecule has 1 aliphatic heterocycles. The van der Waals surface area contributed by atoms with E-state index in [1.165, 1.54) is 4.57 Å². The molecule has 0 spiro atoms. The smallest absolute Gasteiger partial charge is 0.339 e. The van der Waals surface area contributed by atoms with Gasteiger partial charge in [-0.25, -0.2) is 28.1 Å². The van der Waals surface area contributed by atoms with Gasteiger partial charge in [-0.15, -0.1) is 0 Å². The molecule has 1 unspecified atom stereocenters. The maximum Gasteiger partial charge on any atom is 0.339 e. The van der Waals surface area contributed by atoms with Crippen molar-refractivity contribution < 1.29 is 9.00 Å². The number of aryl methyl sites for hydroxylation is 1. The van der Waals surface area contributed by atoms with Gasteiger partial charge in [-0.2, -0.15) is 4.98 Å². The molecule has 1 aromatic carbocycles. The van der Waals surface area contributed by atoms with E-state index in [-0.39, 0.29) is 34.4 Å². The van der Waals surface area contributed by atoms with Gasteiger partial charge in [-0.05, 0) is 31.7 Å². The van der Waals surface area contributed by atoms with Crippen molar-refractivity contribution in [1.29, 1.82) is 4.78 Å². The molecule has 3 aromatic rings. The number of likely N-dealkylation sites (tertiary alicyclic amines) is 1. The number of hydrogen-bond donors (Lipinski definition) is 2. The Labute approximate surface area is 186 Å². The molecular formula is C21H27N7O3S. The van der Waals surface area contributed by atoms with E-state index in [1.807, 2.05) is 38.1 Å². The first-order valence-electron chi connectivity index (χ1n) is 10.6. The number of carbonyl (C=O) groups is 1. The number of hydrogen-bond acceptors (Lipinski definition) is 7. The van der Waals surface area contributed by atoms with Crippen LogP contribution < -0.4 is 11.4 Å². The number of nitrogen functional groups attached to an aromatic ring is 1. The first-order valence-corrected chi connectivity index (χ1v) is 12.4. The van der Waals surface area contributed by atoms with Gasteiger partial charge >= 0.3 is 11.7 Å². The van der Waals surface area contributed by atoms with E-state index in [0.717, 1.165) is 28.5 Å². The minimum atomic E-state index is -3.28. The lowest BCUT2D eigenvalue weighted by Gasteiger charge is -2.15. The van der Waals surface area contributed by atoms with Crippen LogP contribution in [-0.2, 0) is 16.3 Å². The van der Waals surface area contributed by atoms with Crippen LogP contribution in [0, 0.1) is 11.7 Å². The molecule has 3 heterocycles. The summed E-state index contributed by atoms with van der Waals surface area (Å²) in [5.41, 5.74) is 7.72. The largest absolute Gasteiger partial charge is 0.382 e. The second-order valence-corrected chi connectivity index (χ2v) is 10.2. The number of nitrogens with one attached hydrogen (secondary N) is 1. The molecule has 11 heteroatoms. The molecule has 2 aromatic heterocycles. The summed E-state index contributed by atoms with van der Waals surface area (Å²) in [6.07, 6.45) is 2.25. The van der Waals surface area contributed by atoms with Gasteiger partial charge in [0.25, 0.3) is 0 Å². The number of nitrogens with two attached hydrogens (primary N) is 1. The monoisotopic (exact) mass is 457 g/mol. The lowest BCUT2D eigenvalue weighted by molar-refractivity contribution is 0.210. The number of amides is 1. The maximum absolute atomic E-state index is 13.4. The Morgan fingerprint density at radius 3 is 2.47 bits per heavy atom. The molecule has 170 valence electrons. The van der Waals surface area contributed by atoms with E-state index in [0.29, 0.717) is 19.5 Å². The van der Waals surface area contributed by atoms with Crippen molar-refractivity contribution in [2.45, 2.75) is 44.8 Å². The van der Waals surface area contributed by atoms with Crippen LogP contribution in [0.4, 0.5) is 10.6 Å². The molecule has 0 radical (unpaired) electrons. The molecule has 1 atom stereocenters. The third kappa shape index (κ3) is 3.88. The molecule has 0 aliphatic carbocycles. The van der Waals surface area contributed by atoms with Crippen LogP contribution in [0.1, 0.15) is 37.3 Å². The summed E-state index contributed by atoms with van der Waals surface area (Å²) in [5, 5.41) is -0.215. The number of nitrogens with zero attached hydrogens (tertiary/aromatic N) is 5. The highest BCUT2D eigenvalue weighted by molar-refractivity contribution is 7.92. The highest BCUT2D eigenvalue weighted by Gasteiger charge is 2.29. The highest BCUT2D eigenvalue weighted by atomic mass is 32.2. The molecule has 4 rings (SSSR count). The van der Waals surface area contributed by atoms with Crippen molar-refractivity contribution in [1.82, 2.24) is 24.0 Å². The minimum Gasteiger partial charge on any atom is -0.382 e. The summed E-state index contributed by atoms with van der Waals surface area (Å²) in [7, 11) is -3.28. The Hall–Kier alpha value is -3.21. The minimum absolute atomic E-state index is 0.0769. The zero-order valence-electron chi connectivity index (χ0n) is 18.2. The number of aromatic nitrogens is 4. The summed E-state index contributed by atoms with van der Waals surface area (Å²) in [6.45, 7) is 5.06. The van der Waals surface area contributed by atoms with Crippen LogP contribution in [0.3, 0.4) is 0 Å². The van der Waals surface area contributed by atoms with Gasteiger partial charge in [-0.1, -0.05) is 36.8 Å². The molecule has 1 fully saturated rings. The van der Waals surface area contributed by atoms with Gasteiger partial charge in [0.05, 0.1) is 6.54 Å². The number of fused-ring (bicyclic) bond motifs is 1. The second kappa shape index (κ2) is 8.38. The quantitative estimate of drug-likeness (QED) is 0.564. The van der Waals surface area contributed by atoms with Crippen LogP contribution in [-0.4, -0.2) is 53.1 Å². The van der Waals surface area contributed by atoms with Gasteiger partial charge in [0.1, 0.15) is 15.2 Å². The van der Waals surface area contributed by atoms with Gasteiger partial charge in [0.15, 0.2) is 11.5 Å². The fourth-order valence-electron chi connectivity index (χ4n) is 3.92. The molecule has 1 saturated heterocycles. The molecule has 10 nitrogen and oxygen atoms in total. The average Bonchev–Trinajstić information content (AvgIpc) is 3.37. The van der Waals surface area contributed by atoms with Crippen molar-refractivity contribution in [2.24, 2.45) is 0 Å². The van der Waals surface area contributed by atoms with E-state index in [4.69, 9.17) is 10.5 Å². The molecule has 32 heavy (non-hydrogen) atoms. The zero-order valence-corrected chi connectivity index (χ0v) is 19.0. The zero-order chi connectivity index (χ0) is 23.0. The topological polar surface area (TPSA) is 140 Å². The molecule has 0 saturated carbocycles. The third-order valence-corrected chi connectivity index (χ3v) is 7.34. The second-order valence-electron chi connectivity index (χ2n) is 8.11. The molecule has 1 amide bonds. The summed E-state index contributed by atoms with van der Waals surface area (Å²) >= 11 is 0. The van der Waals surface area contributed by atoms with Crippen LogP contribution >= 0.6 is 0 Å². The highest BCUT2D eigenvalue weighted by Crippen LogP contribution is 2.23. The number of carbonyl (C=O) groups excluding carboxylic acids is 1. The number of rotatable bonds is 5. The summed E-state index contributed by atoms with van der Waals surface area (Å²) in [5.74, 6) is -0.0542. The van der Waals surface area contributed by atoms with E-state index in [2.05, 4.69) is 9.97 Å². The van der Waals surface area contributed by atoms with Crippen LogP contribution in [0.2, 0.25) is 0 Å². The van der Waals surface area contributed by atoms with E-state index >= 15 is 0 Å². The molecule has 3 N–H and O–H groups in total. The fraction of sp³-hybridized carbons (Fsp3) is 0.429. The van der Waals surface area contributed by atoms with Gasteiger partial charge in [0, 0.05) is 18.8 Å². The first-order chi connectivity index (χ1) is 15.2. The fourth-order valence-corrected chi connectivity index (χ4v) is 5.16. The van der Waals surface area contributed by atoms with E-state index in [1.54, 1.807) is 4.90 Å². The van der Waals surface area contributed by atoms with Crippen molar-refractivity contribution in [3.63, 3.8) is 0 Å².